The molecule has 0 aromatic rings. The van der Waals surface area contributed by atoms with Crippen molar-refractivity contribution in [1.29, 1.82) is 0 Å². The fourth-order valence-electron chi connectivity index (χ4n) is 1.75. The first-order valence-electron chi connectivity index (χ1n) is 5.15. The number of ether oxygens (including phenoxy) is 1. The Labute approximate surface area is 100 Å². The molecule has 2 aliphatic heterocycles. The number of halogens is 1. The molecule has 2 amide bonds. The summed E-state index contributed by atoms with van der Waals surface area (Å²) < 4.78 is 5.34. The van der Waals surface area contributed by atoms with E-state index in [1.165, 1.54) is 0 Å². The van der Waals surface area contributed by atoms with Gasteiger partial charge in [-0.3, -0.25) is 9.59 Å². The Kier molecular flexibility index (Phi) is 4.98. The van der Waals surface area contributed by atoms with E-state index in [9.17, 15) is 9.59 Å². The van der Waals surface area contributed by atoms with Crippen LogP contribution in [0.3, 0.4) is 0 Å². The monoisotopic (exact) mass is 249 g/mol. The van der Waals surface area contributed by atoms with E-state index in [2.05, 4.69) is 10.6 Å². The predicted molar refractivity (Wildman–Crippen MR) is 59.4 cm³/mol. The van der Waals surface area contributed by atoms with E-state index in [1.54, 1.807) is 4.90 Å². The Morgan fingerprint density at radius 3 is 2.88 bits per heavy atom. The van der Waals surface area contributed by atoms with Crippen LogP contribution in [0.25, 0.3) is 0 Å². The van der Waals surface area contributed by atoms with Crippen molar-refractivity contribution in [2.75, 3.05) is 39.3 Å². The number of rotatable bonds is 1. The van der Waals surface area contributed by atoms with Crippen LogP contribution >= 0.6 is 12.4 Å². The van der Waals surface area contributed by atoms with Crippen LogP contribution in [0.5, 0.6) is 0 Å². The summed E-state index contributed by atoms with van der Waals surface area (Å²) in [6, 6.07) is 0. The van der Waals surface area contributed by atoms with Crippen molar-refractivity contribution in [2.45, 2.75) is 6.10 Å². The molecule has 0 saturated carbocycles. The fourth-order valence-corrected chi connectivity index (χ4v) is 1.75. The van der Waals surface area contributed by atoms with Gasteiger partial charge in [-0.15, -0.1) is 12.4 Å². The van der Waals surface area contributed by atoms with Crippen molar-refractivity contribution in [3.63, 3.8) is 0 Å². The molecule has 16 heavy (non-hydrogen) atoms. The summed E-state index contributed by atoms with van der Waals surface area (Å²) in [5.41, 5.74) is 0. The summed E-state index contributed by atoms with van der Waals surface area (Å²) in [6.07, 6.45) is -0.426. The molecule has 2 fully saturated rings. The minimum atomic E-state index is -0.426. The number of piperazine rings is 1. The van der Waals surface area contributed by atoms with Crippen molar-refractivity contribution >= 4 is 24.2 Å². The van der Waals surface area contributed by atoms with Crippen LogP contribution in [0.1, 0.15) is 0 Å². The van der Waals surface area contributed by atoms with Crippen LogP contribution in [0.4, 0.5) is 0 Å². The van der Waals surface area contributed by atoms with E-state index in [1.807, 2.05) is 0 Å². The first-order chi connectivity index (χ1) is 7.27. The maximum absolute atomic E-state index is 11.9. The van der Waals surface area contributed by atoms with Gasteiger partial charge in [0.2, 0.25) is 5.91 Å². The molecule has 2 heterocycles. The zero-order valence-electron chi connectivity index (χ0n) is 8.90. The van der Waals surface area contributed by atoms with Gasteiger partial charge in [0.15, 0.2) is 0 Å². The van der Waals surface area contributed by atoms with Gasteiger partial charge in [0.05, 0.1) is 13.2 Å². The van der Waals surface area contributed by atoms with Crippen LogP contribution in [0.15, 0.2) is 0 Å². The van der Waals surface area contributed by atoms with Crippen molar-refractivity contribution in [1.82, 2.24) is 15.5 Å². The Morgan fingerprint density at radius 2 is 2.25 bits per heavy atom. The third-order valence-corrected chi connectivity index (χ3v) is 2.55. The highest BCUT2D eigenvalue weighted by atomic mass is 35.5. The quantitative estimate of drug-likeness (QED) is 0.585. The van der Waals surface area contributed by atoms with Crippen molar-refractivity contribution in [2.24, 2.45) is 0 Å². The highest BCUT2D eigenvalue weighted by Gasteiger charge is 2.29. The molecule has 0 aliphatic carbocycles. The third-order valence-electron chi connectivity index (χ3n) is 2.55. The number of hydrogen-bond donors (Lipinski definition) is 2. The molecule has 0 aromatic heterocycles. The zero-order valence-corrected chi connectivity index (χ0v) is 9.72. The molecule has 6 nitrogen and oxygen atoms in total. The lowest BCUT2D eigenvalue weighted by molar-refractivity contribution is -0.149. The summed E-state index contributed by atoms with van der Waals surface area (Å²) in [5, 5.41) is 5.77. The van der Waals surface area contributed by atoms with Crippen molar-refractivity contribution in [3.05, 3.63) is 0 Å². The van der Waals surface area contributed by atoms with Crippen LogP contribution < -0.4 is 10.6 Å². The van der Waals surface area contributed by atoms with Crippen LogP contribution in [-0.2, 0) is 14.3 Å². The first-order valence-corrected chi connectivity index (χ1v) is 5.15. The molecule has 0 spiro atoms. The van der Waals surface area contributed by atoms with Gasteiger partial charge in [0.1, 0.15) is 6.10 Å². The topological polar surface area (TPSA) is 70.7 Å². The van der Waals surface area contributed by atoms with Crippen molar-refractivity contribution in [3.8, 4) is 0 Å². The van der Waals surface area contributed by atoms with E-state index < -0.39 is 6.10 Å². The maximum Gasteiger partial charge on any atom is 0.253 e. The molecule has 1 unspecified atom stereocenters. The Hall–Kier alpha value is -0.850. The van der Waals surface area contributed by atoms with Crippen LogP contribution in [-0.4, -0.2) is 62.1 Å². The summed E-state index contributed by atoms with van der Waals surface area (Å²) in [5.74, 6) is -0.185. The van der Waals surface area contributed by atoms with Crippen LogP contribution in [0, 0.1) is 0 Å². The van der Waals surface area contributed by atoms with Gasteiger partial charge >= 0.3 is 0 Å². The lowest BCUT2D eigenvalue weighted by Crippen LogP contribution is -2.56. The number of nitrogens with zero attached hydrogens (tertiary/aromatic N) is 1. The number of amides is 2. The van der Waals surface area contributed by atoms with E-state index in [0.29, 0.717) is 26.2 Å². The summed E-state index contributed by atoms with van der Waals surface area (Å²) in [7, 11) is 0. The first kappa shape index (κ1) is 13.2. The van der Waals surface area contributed by atoms with E-state index in [0.717, 1.165) is 6.54 Å². The molecule has 2 aliphatic rings. The number of carbonyl (C=O) groups excluding carboxylic acids is 2. The Bertz CT molecular complexity index is 269. The second-order valence-corrected chi connectivity index (χ2v) is 3.67. The van der Waals surface area contributed by atoms with Gasteiger partial charge in [-0.1, -0.05) is 0 Å². The molecule has 2 N–H and O–H groups in total. The van der Waals surface area contributed by atoms with E-state index >= 15 is 0 Å². The number of carbonyl (C=O) groups is 2. The Balaban J connectivity index is 0.00000128. The largest absolute Gasteiger partial charge is 0.366 e. The van der Waals surface area contributed by atoms with Gasteiger partial charge in [0.25, 0.3) is 5.91 Å². The SMILES string of the molecule is Cl.O=C1CN(C(=O)C2CNCCO2)CCN1. The molecule has 92 valence electrons. The van der Waals surface area contributed by atoms with Gasteiger partial charge < -0.3 is 20.3 Å². The summed E-state index contributed by atoms with van der Waals surface area (Å²) in [4.78, 5) is 24.5. The lowest BCUT2D eigenvalue weighted by atomic mass is 10.2. The molecule has 1 atom stereocenters. The molecule has 0 bridgehead atoms. The maximum atomic E-state index is 11.9. The molecule has 2 saturated heterocycles. The van der Waals surface area contributed by atoms with Gasteiger partial charge in [-0.25, -0.2) is 0 Å². The number of morpholine rings is 1. The van der Waals surface area contributed by atoms with Gasteiger partial charge in [-0.05, 0) is 0 Å². The molecule has 0 aromatic carbocycles. The minimum absolute atomic E-state index is 0. The molecule has 2 rings (SSSR count). The highest BCUT2D eigenvalue weighted by molar-refractivity contribution is 5.88. The second kappa shape index (κ2) is 6.03. The molecule has 7 heteroatoms. The normalized spacial score (nSPS) is 25.6. The summed E-state index contributed by atoms with van der Waals surface area (Å²) in [6.45, 7) is 3.13. The third kappa shape index (κ3) is 3.07. The average Bonchev–Trinajstić information content (AvgIpc) is 2.29. The number of nitrogens with one attached hydrogen (secondary N) is 2. The fraction of sp³-hybridized carbons (Fsp3) is 0.778. The van der Waals surface area contributed by atoms with Crippen LogP contribution in [0.2, 0.25) is 0 Å². The lowest BCUT2D eigenvalue weighted by Gasteiger charge is -2.31. The molecular weight excluding hydrogens is 234 g/mol. The van der Waals surface area contributed by atoms with Crippen molar-refractivity contribution < 1.29 is 14.3 Å². The molecule has 0 radical (unpaired) electrons. The highest BCUT2D eigenvalue weighted by Crippen LogP contribution is 2.03. The average molecular weight is 250 g/mol. The smallest absolute Gasteiger partial charge is 0.253 e. The Morgan fingerprint density at radius 1 is 1.44 bits per heavy atom. The standard InChI is InChI=1S/C9H15N3O3.ClH/c13-8-6-12(3-1-11-8)9(14)7-5-10-2-4-15-7;/h7,10H,1-6H2,(H,11,13);1H. The van der Waals surface area contributed by atoms with E-state index in [4.69, 9.17) is 4.74 Å². The van der Waals surface area contributed by atoms with Gasteiger partial charge in [0, 0.05) is 26.2 Å². The van der Waals surface area contributed by atoms with Gasteiger partial charge in [-0.2, -0.15) is 0 Å². The summed E-state index contributed by atoms with van der Waals surface area (Å²) >= 11 is 0. The molecular formula is C9H16ClN3O3. The second-order valence-electron chi connectivity index (χ2n) is 3.67. The van der Waals surface area contributed by atoms with E-state index in [-0.39, 0.29) is 30.8 Å². The zero-order chi connectivity index (χ0) is 10.7. The number of hydrogen-bond acceptors (Lipinski definition) is 4. The predicted octanol–water partition coefficient (Wildman–Crippen LogP) is -1.64. The minimum Gasteiger partial charge on any atom is -0.366 e.